The van der Waals surface area contributed by atoms with Crippen LogP contribution in [0, 0.1) is 12.8 Å². The molecule has 1 aromatic carbocycles. The predicted octanol–water partition coefficient (Wildman–Crippen LogP) is 2.66. The van der Waals surface area contributed by atoms with Gasteiger partial charge >= 0.3 is 0 Å². The van der Waals surface area contributed by atoms with Gasteiger partial charge in [-0.05, 0) is 56.4 Å². The molecule has 0 radical (unpaired) electrons. The number of aryl methyl sites for hydroxylation is 1. The van der Waals surface area contributed by atoms with Crippen molar-refractivity contribution in [3.63, 3.8) is 0 Å². The third kappa shape index (κ3) is 3.05. The minimum Gasteiger partial charge on any atom is -0.372 e. The molecule has 2 atom stereocenters. The van der Waals surface area contributed by atoms with E-state index in [0.29, 0.717) is 0 Å². The molecule has 2 aliphatic rings. The minimum absolute atomic E-state index is 0.0224. The molecule has 1 amide bonds. The SMILES string of the molecule is Cc1cc(N2CCCC2)ccc1NC(=O)C1CCCC1N. The van der Waals surface area contributed by atoms with Gasteiger partial charge in [0.15, 0.2) is 0 Å². The molecule has 4 nitrogen and oxygen atoms in total. The third-order valence-corrected chi connectivity index (χ3v) is 4.85. The molecule has 21 heavy (non-hydrogen) atoms. The maximum absolute atomic E-state index is 12.3. The van der Waals surface area contributed by atoms with Crippen molar-refractivity contribution in [2.45, 2.75) is 45.1 Å². The van der Waals surface area contributed by atoms with E-state index < -0.39 is 0 Å². The second-order valence-electron chi connectivity index (χ2n) is 6.38. The highest BCUT2D eigenvalue weighted by Crippen LogP contribution is 2.28. The zero-order chi connectivity index (χ0) is 14.8. The number of hydrogen-bond acceptors (Lipinski definition) is 3. The highest BCUT2D eigenvalue weighted by molar-refractivity contribution is 5.94. The second-order valence-corrected chi connectivity index (χ2v) is 6.38. The molecule has 1 aromatic rings. The maximum Gasteiger partial charge on any atom is 0.229 e. The van der Waals surface area contributed by atoms with Gasteiger partial charge in [0.05, 0.1) is 5.92 Å². The molecular formula is C17H25N3O. The van der Waals surface area contributed by atoms with Gasteiger partial charge in [-0.3, -0.25) is 4.79 Å². The lowest BCUT2D eigenvalue weighted by Crippen LogP contribution is -2.34. The zero-order valence-corrected chi connectivity index (χ0v) is 12.8. The first-order chi connectivity index (χ1) is 10.1. The van der Waals surface area contributed by atoms with E-state index in [-0.39, 0.29) is 17.9 Å². The van der Waals surface area contributed by atoms with E-state index in [1.54, 1.807) is 0 Å². The Morgan fingerprint density at radius 2 is 2.00 bits per heavy atom. The van der Waals surface area contributed by atoms with Crippen LogP contribution in [-0.2, 0) is 4.79 Å². The molecule has 1 aliphatic heterocycles. The third-order valence-electron chi connectivity index (χ3n) is 4.85. The summed E-state index contributed by atoms with van der Waals surface area (Å²) in [6, 6.07) is 6.34. The van der Waals surface area contributed by atoms with Crippen LogP contribution < -0.4 is 16.0 Å². The van der Waals surface area contributed by atoms with Crippen LogP contribution in [-0.4, -0.2) is 25.0 Å². The maximum atomic E-state index is 12.3. The molecule has 1 aliphatic carbocycles. The molecule has 3 N–H and O–H groups in total. The lowest BCUT2D eigenvalue weighted by Gasteiger charge is -2.20. The number of hydrogen-bond donors (Lipinski definition) is 2. The summed E-state index contributed by atoms with van der Waals surface area (Å²) in [5.41, 5.74) is 9.32. The molecule has 0 bridgehead atoms. The van der Waals surface area contributed by atoms with Crippen LogP contribution in [0.4, 0.5) is 11.4 Å². The van der Waals surface area contributed by atoms with Gasteiger partial charge < -0.3 is 16.0 Å². The minimum atomic E-state index is -0.0253. The Bertz CT molecular complexity index is 523. The van der Waals surface area contributed by atoms with E-state index in [9.17, 15) is 4.79 Å². The largest absolute Gasteiger partial charge is 0.372 e. The summed E-state index contributed by atoms with van der Waals surface area (Å²) in [7, 11) is 0. The molecule has 2 unspecified atom stereocenters. The highest BCUT2D eigenvalue weighted by Gasteiger charge is 2.30. The van der Waals surface area contributed by atoms with Crippen LogP contribution in [0.2, 0.25) is 0 Å². The number of nitrogens with two attached hydrogens (primary N) is 1. The number of carbonyl (C=O) groups is 1. The summed E-state index contributed by atoms with van der Waals surface area (Å²) in [4.78, 5) is 14.7. The molecule has 0 spiro atoms. The predicted molar refractivity (Wildman–Crippen MR) is 86.6 cm³/mol. The molecule has 4 heteroatoms. The van der Waals surface area contributed by atoms with Crippen molar-refractivity contribution in [3.05, 3.63) is 23.8 Å². The Balaban J connectivity index is 1.69. The first-order valence-electron chi connectivity index (χ1n) is 8.07. The van der Waals surface area contributed by atoms with Crippen LogP contribution in [0.25, 0.3) is 0 Å². The summed E-state index contributed by atoms with van der Waals surface area (Å²) in [5, 5.41) is 3.06. The number of anilines is 2. The molecule has 3 rings (SSSR count). The Labute approximate surface area is 126 Å². The molecule has 114 valence electrons. The smallest absolute Gasteiger partial charge is 0.229 e. The highest BCUT2D eigenvalue weighted by atomic mass is 16.1. The summed E-state index contributed by atoms with van der Waals surface area (Å²) >= 11 is 0. The molecule has 1 heterocycles. The summed E-state index contributed by atoms with van der Waals surface area (Å²) in [6.45, 7) is 4.34. The monoisotopic (exact) mass is 287 g/mol. The summed E-state index contributed by atoms with van der Waals surface area (Å²) in [6.07, 6.45) is 5.49. The lowest BCUT2D eigenvalue weighted by molar-refractivity contribution is -0.120. The fourth-order valence-corrected chi connectivity index (χ4v) is 3.50. The van der Waals surface area contributed by atoms with Crippen LogP contribution in [0.15, 0.2) is 18.2 Å². The quantitative estimate of drug-likeness (QED) is 0.898. The van der Waals surface area contributed by atoms with E-state index in [1.807, 2.05) is 6.07 Å². The van der Waals surface area contributed by atoms with E-state index in [0.717, 1.165) is 43.6 Å². The standard InChI is InChI=1S/C17H25N3O/c1-12-11-13(20-9-2-3-10-20)7-8-16(12)19-17(21)14-5-4-6-15(14)18/h7-8,11,14-15H,2-6,9-10,18H2,1H3,(H,19,21). The molecule has 1 saturated heterocycles. The Morgan fingerprint density at radius 3 is 2.62 bits per heavy atom. The summed E-state index contributed by atoms with van der Waals surface area (Å²) in [5.74, 6) is 0.0553. The Kier molecular flexibility index (Phi) is 4.15. The van der Waals surface area contributed by atoms with Gasteiger partial charge in [-0.2, -0.15) is 0 Å². The lowest BCUT2D eigenvalue weighted by atomic mass is 10.0. The van der Waals surface area contributed by atoms with Crippen LogP contribution in [0.1, 0.15) is 37.7 Å². The van der Waals surface area contributed by atoms with Crippen molar-refractivity contribution in [2.24, 2.45) is 11.7 Å². The van der Waals surface area contributed by atoms with Crippen LogP contribution >= 0.6 is 0 Å². The number of nitrogens with one attached hydrogen (secondary N) is 1. The number of benzene rings is 1. The molecular weight excluding hydrogens is 262 g/mol. The fourth-order valence-electron chi connectivity index (χ4n) is 3.50. The van der Waals surface area contributed by atoms with Gasteiger partial charge in [0.1, 0.15) is 0 Å². The van der Waals surface area contributed by atoms with Gasteiger partial charge in [0, 0.05) is 30.5 Å². The fraction of sp³-hybridized carbons (Fsp3) is 0.588. The summed E-state index contributed by atoms with van der Waals surface area (Å²) < 4.78 is 0. The van der Waals surface area contributed by atoms with Gasteiger partial charge in [-0.15, -0.1) is 0 Å². The number of rotatable bonds is 3. The normalized spacial score (nSPS) is 25.3. The zero-order valence-electron chi connectivity index (χ0n) is 12.8. The topological polar surface area (TPSA) is 58.4 Å². The van der Waals surface area contributed by atoms with Crippen LogP contribution in [0.5, 0.6) is 0 Å². The first-order valence-corrected chi connectivity index (χ1v) is 8.07. The first kappa shape index (κ1) is 14.4. The van der Waals surface area contributed by atoms with Crippen molar-refractivity contribution in [1.29, 1.82) is 0 Å². The van der Waals surface area contributed by atoms with Gasteiger partial charge in [-0.25, -0.2) is 0 Å². The second kappa shape index (κ2) is 6.06. The van der Waals surface area contributed by atoms with E-state index >= 15 is 0 Å². The van der Waals surface area contributed by atoms with Gasteiger partial charge in [-0.1, -0.05) is 6.42 Å². The molecule has 0 aromatic heterocycles. The van der Waals surface area contributed by atoms with Crippen molar-refractivity contribution < 1.29 is 4.79 Å². The van der Waals surface area contributed by atoms with Crippen LogP contribution in [0.3, 0.4) is 0 Å². The van der Waals surface area contributed by atoms with Crippen molar-refractivity contribution in [3.8, 4) is 0 Å². The number of amides is 1. The van der Waals surface area contributed by atoms with Crippen molar-refractivity contribution >= 4 is 17.3 Å². The Morgan fingerprint density at radius 1 is 1.24 bits per heavy atom. The molecule has 2 fully saturated rings. The van der Waals surface area contributed by atoms with E-state index in [2.05, 4.69) is 29.3 Å². The van der Waals surface area contributed by atoms with Crippen molar-refractivity contribution in [2.75, 3.05) is 23.3 Å². The number of carbonyl (C=O) groups excluding carboxylic acids is 1. The average Bonchev–Trinajstić information content (AvgIpc) is 3.12. The van der Waals surface area contributed by atoms with Crippen molar-refractivity contribution in [1.82, 2.24) is 0 Å². The van der Waals surface area contributed by atoms with Gasteiger partial charge in [0.25, 0.3) is 0 Å². The Hall–Kier alpha value is -1.55. The number of nitrogens with zero attached hydrogens (tertiary/aromatic N) is 1. The van der Waals surface area contributed by atoms with E-state index in [1.165, 1.54) is 18.5 Å². The van der Waals surface area contributed by atoms with Gasteiger partial charge in [0.2, 0.25) is 5.91 Å². The van der Waals surface area contributed by atoms with E-state index in [4.69, 9.17) is 5.73 Å². The molecule has 1 saturated carbocycles. The average molecular weight is 287 g/mol.